The molecule has 5 nitrogen and oxygen atoms in total. The fourth-order valence-corrected chi connectivity index (χ4v) is 3.37. The van der Waals surface area contributed by atoms with Crippen LogP contribution in [0, 0.1) is 0 Å². The molecule has 5 heteroatoms. The molecule has 116 valence electrons. The first-order valence-corrected chi connectivity index (χ1v) is 7.93. The van der Waals surface area contributed by atoms with Gasteiger partial charge in [0.2, 0.25) is 5.91 Å². The van der Waals surface area contributed by atoms with E-state index in [1.54, 1.807) is 7.11 Å². The molecule has 0 spiro atoms. The highest BCUT2D eigenvalue weighted by Gasteiger charge is 2.26. The molecule has 0 aromatic rings. The summed E-state index contributed by atoms with van der Waals surface area (Å²) in [5.41, 5.74) is 0. The van der Waals surface area contributed by atoms with Gasteiger partial charge in [-0.2, -0.15) is 0 Å². The minimum atomic E-state index is 0.0901. The summed E-state index contributed by atoms with van der Waals surface area (Å²) in [6.07, 6.45) is 5.53. The summed E-state index contributed by atoms with van der Waals surface area (Å²) >= 11 is 0. The Hall–Kier alpha value is -0.650. The van der Waals surface area contributed by atoms with E-state index < -0.39 is 0 Å². The van der Waals surface area contributed by atoms with Gasteiger partial charge in [-0.25, -0.2) is 0 Å². The van der Waals surface area contributed by atoms with Crippen molar-refractivity contribution < 1.29 is 9.53 Å². The van der Waals surface area contributed by atoms with E-state index >= 15 is 0 Å². The Morgan fingerprint density at radius 2 is 1.90 bits per heavy atom. The number of methoxy groups -OCH3 is 1. The molecule has 1 saturated carbocycles. The number of carbonyl (C=O) groups is 1. The Bertz CT molecular complexity index is 297. The summed E-state index contributed by atoms with van der Waals surface area (Å²) in [5.74, 6) is 0.115. The van der Waals surface area contributed by atoms with Crippen LogP contribution in [0.5, 0.6) is 0 Å². The molecular formula is C15H29N3O2. The maximum atomic E-state index is 11.9. The van der Waals surface area contributed by atoms with Gasteiger partial charge in [0.15, 0.2) is 0 Å². The zero-order valence-corrected chi connectivity index (χ0v) is 12.9. The number of hydrogen-bond acceptors (Lipinski definition) is 4. The lowest BCUT2D eigenvalue weighted by molar-refractivity contribution is -0.123. The zero-order chi connectivity index (χ0) is 14.4. The van der Waals surface area contributed by atoms with Crippen LogP contribution in [0.15, 0.2) is 0 Å². The topological polar surface area (TPSA) is 44.8 Å². The van der Waals surface area contributed by atoms with E-state index in [0.29, 0.717) is 13.2 Å². The Labute approximate surface area is 122 Å². The number of hydrogen-bond donors (Lipinski definition) is 1. The molecular weight excluding hydrogens is 254 g/mol. The number of ether oxygens (including phenoxy) is 1. The van der Waals surface area contributed by atoms with Crippen LogP contribution in [0.2, 0.25) is 0 Å². The molecule has 0 aromatic carbocycles. The van der Waals surface area contributed by atoms with Gasteiger partial charge in [-0.15, -0.1) is 0 Å². The van der Waals surface area contributed by atoms with Gasteiger partial charge < -0.3 is 10.1 Å². The molecule has 0 radical (unpaired) electrons. The molecule has 1 aliphatic carbocycles. The molecule has 1 aliphatic heterocycles. The van der Waals surface area contributed by atoms with Gasteiger partial charge in [0, 0.05) is 45.4 Å². The third-order valence-corrected chi connectivity index (χ3v) is 4.44. The predicted molar refractivity (Wildman–Crippen MR) is 79.7 cm³/mol. The third kappa shape index (κ3) is 4.72. The lowest BCUT2D eigenvalue weighted by Gasteiger charge is -2.37. The monoisotopic (exact) mass is 283 g/mol. The molecule has 2 fully saturated rings. The Balaban J connectivity index is 1.64. The minimum Gasteiger partial charge on any atom is -0.383 e. The molecule has 0 aromatic heterocycles. The molecule has 1 atom stereocenters. The third-order valence-electron chi connectivity index (χ3n) is 4.44. The molecule has 1 unspecified atom stereocenters. The second-order valence-electron chi connectivity index (χ2n) is 6.17. The van der Waals surface area contributed by atoms with E-state index in [0.717, 1.165) is 32.2 Å². The lowest BCUT2D eigenvalue weighted by atomic mass is 10.2. The average Bonchev–Trinajstić information content (AvgIpc) is 2.93. The highest BCUT2D eigenvalue weighted by molar-refractivity contribution is 5.78. The highest BCUT2D eigenvalue weighted by Crippen LogP contribution is 2.24. The molecule has 20 heavy (non-hydrogen) atoms. The fraction of sp³-hybridized carbons (Fsp3) is 0.933. The summed E-state index contributed by atoms with van der Waals surface area (Å²) in [7, 11) is 1.66. The minimum absolute atomic E-state index is 0.0901. The summed E-state index contributed by atoms with van der Waals surface area (Å²) in [6, 6.07) is 0.903. The van der Waals surface area contributed by atoms with Crippen LogP contribution in [0.3, 0.4) is 0 Å². The molecule has 2 aliphatic rings. The van der Waals surface area contributed by atoms with Crippen molar-refractivity contribution in [1.29, 1.82) is 0 Å². The van der Waals surface area contributed by atoms with Crippen molar-refractivity contribution in [2.24, 2.45) is 0 Å². The molecule has 2 rings (SSSR count). The smallest absolute Gasteiger partial charge is 0.234 e. The molecule has 1 heterocycles. The van der Waals surface area contributed by atoms with Crippen molar-refractivity contribution in [3.63, 3.8) is 0 Å². The molecule has 1 saturated heterocycles. The van der Waals surface area contributed by atoms with Crippen molar-refractivity contribution in [3.05, 3.63) is 0 Å². The van der Waals surface area contributed by atoms with E-state index in [2.05, 4.69) is 15.1 Å². The number of piperazine rings is 1. The van der Waals surface area contributed by atoms with Gasteiger partial charge in [0.05, 0.1) is 13.2 Å². The lowest BCUT2D eigenvalue weighted by Crippen LogP contribution is -2.52. The van der Waals surface area contributed by atoms with Crippen molar-refractivity contribution in [1.82, 2.24) is 15.1 Å². The van der Waals surface area contributed by atoms with Crippen LogP contribution in [0.25, 0.3) is 0 Å². The van der Waals surface area contributed by atoms with E-state index in [4.69, 9.17) is 4.74 Å². The van der Waals surface area contributed by atoms with E-state index in [9.17, 15) is 4.79 Å². The first-order valence-electron chi connectivity index (χ1n) is 7.93. The summed E-state index contributed by atoms with van der Waals surface area (Å²) in [4.78, 5) is 16.8. The number of nitrogens with zero attached hydrogens (tertiary/aromatic N) is 2. The van der Waals surface area contributed by atoms with Crippen LogP contribution in [0.4, 0.5) is 0 Å². The quantitative estimate of drug-likeness (QED) is 0.779. The largest absolute Gasteiger partial charge is 0.383 e. The van der Waals surface area contributed by atoms with Crippen LogP contribution < -0.4 is 5.32 Å². The Morgan fingerprint density at radius 1 is 1.25 bits per heavy atom. The highest BCUT2D eigenvalue weighted by atomic mass is 16.5. The summed E-state index contributed by atoms with van der Waals surface area (Å²) in [5, 5.41) is 2.98. The molecule has 0 bridgehead atoms. The maximum Gasteiger partial charge on any atom is 0.234 e. The van der Waals surface area contributed by atoms with Crippen LogP contribution in [-0.2, 0) is 9.53 Å². The average molecular weight is 283 g/mol. The zero-order valence-electron chi connectivity index (χ0n) is 12.9. The Kier molecular flexibility index (Phi) is 6.26. The second-order valence-corrected chi connectivity index (χ2v) is 6.17. The van der Waals surface area contributed by atoms with Gasteiger partial charge >= 0.3 is 0 Å². The Morgan fingerprint density at radius 3 is 2.50 bits per heavy atom. The number of nitrogens with one attached hydrogen (secondary N) is 1. The maximum absolute atomic E-state index is 11.9. The predicted octanol–water partition coefficient (Wildman–Crippen LogP) is 0.698. The summed E-state index contributed by atoms with van der Waals surface area (Å²) in [6.45, 7) is 7.33. The van der Waals surface area contributed by atoms with Crippen molar-refractivity contribution in [2.45, 2.75) is 44.7 Å². The first kappa shape index (κ1) is 15.7. The normalized spacial score (nSPS) is 23.9. The first-order chi connectivity index (χ1) is 9.69. The summed E-state index contributed by atoms with van der Waals surface area (Å²) < 4.78 is 5.03. The second kappa shape index (κ2) is 7.96. The standard InChI is InChI=1S/C15H29N3O2/c1-13(12-20-2)16-15(19)11-17-7-9-18(10-8-17)14-5-3-4-6-14/h13-14H,3-12H2,1-2H3,(H,16,19). The fourth-order valence-electron chi connectivity index (χ4n) is 3.37. The van der Waals surface area contributed by atoms with Crippen molar-refractivity contribution >= 4 is 5.91 Å². The van der Waals surface area contributed by atoms with E-state index in [-0.39, 0.29) is 11.9 Å². The van der Waals surface area contributed by atoms with Gasteiger partial charge in [0.1, 0.15) is 0 Å². The van der Waals surface area contributed by atoms with Gasteiger partial charge in [-0.3, -0.25) is 14.6 Å². The number of amides is 1. The number of carbonyl (C=O) groups excluding carboxylic acids is 1. The van der Waals surface area contributed by atoms with E-state index in [1.165, 1.54) is 25.7 Å². The van der Waals surface area contributed by atoms with Gasteiger partial charge in [-0.1, -0.05) is 12.8 Å². The van der Waals surface area contributed by atoms with Gasteiger partial charge in [0.25, 0.3) is 0 Å². The van der Waals surface area contributed by atoms with Crippen molar-refractivity contribution in [2.75, 3.05) is 46.4 Å². The molecule has 1 amide bonds. The number of rotatable bonds is 6. The van der Waals surface area contributed by atoms with Crippen LogP contribution >= 0.6 is 0 Å². The van der Waals surface area contributed by atoms with Crippen LogP contribution in [-0.4, -0.2) is 74.2 Å². The SMILES string of the molecule is COCC(C)NC(=O)CN1CCN(C2CCCC2)CC1. The van der Waals surface area contributed by atoms with Crippen molar-refractivity contribution in [3.8, 4) is 0 Å². The van der Waals surface area contributed by atoms with Crippen LogP contribution in [0.1, 0.15) is 32.6 Å². The molecule has 1 N–H and O–H groups in total. The van der Waals surface area contributed by atoms with E-state index in [1.807, 2.05) is 6.92 Å². The van der Waals surface area contributed by atoms with Gasteiger partial charge in [-0.05, 0) is 19.8 Å².